The van der Waals surface area contributed by atoms with Crippen LogP contribution < -0.4 is 10.6 Å². The van der Waals surface area contributed by atoms with Gasteiger partial charge < -0.3 is 20.4 Å². The van der Waals surface area contributed by atoms with Crippen molar-refractivity contribution in [2.24, 2.45) is 11.3 Å². The lowest BCUT2D eigenvalue weighted by atomic mass is 9.77. The highest BCUT2D eigenvalue weighted by molar-refractivity contribution is 5.90. The molecule has 4 rings (SSSR count). The van der Waals surface area contributed by atoms with Gasteiger partial charge in [-0.1, -0.05) is 12.1 Å². The van der Waals surface area contributed by atoms with E-state index in [-0.39, 0.29) is 36.0 Å². The zero-order valence-electron chi connectivity index (χ0n) is 16.7. The molecule has 1 atom stereocenters. The maximum Gasteiger partial charge on any atom is 0.321 e. The highest BCUT2D eigenvalue weighted by Crippen LogP contribution is 2.37. The summed E-state index contributed by atoms with van der Waals surface area (Å²) in [7, 11) is 0. The van der Waals surface area contributed by atoms with E-state index in [1.54, 1.807) is 23.1 Å². The van der Waals surface area contributed by atoms with Crippen molar-refractivity contribution in [3.63, 3.8) is 0 Å². The van der Waals surface area contributed by atoms with Gasteiger partial charge in [0.2, 0.25) is 5.91 Å². The third-order valence-electron chi connectivity index (χ3n) is 6.64. The van der Waals surface area contributed by atoms with E-state index in [0.717, 1.165) is 51.9 Å². The number of anilines is 1. The van der Waals surface area contributed by atoms with Crippen LogP contribution in [-0.2, 0) is 4.79 Å². The predicted molar refractivity (Wildman–Crippen MR) is 113 cm³/mol. The summed E-state index contributed by atoms with van der Waals surface area (Å²) in [6.07, 6.45) is 4.95. The number of likely N-dealkylation sites (tertiary alicyclic amines) is 2. The smallest absolute Gasteiger partial charge is 0.321 e. The average molecular weight is 425 g/mol. The van der Waals surface area contributed by atoms with Crippen LogP contribution in [0.15, 0.2) is 24.3 Å². The molecule has 1 spiro atoms. The third-order valence-corrected chi connectivity index (χ3v) is 6.64. The molecule has 3 fully saturated rings. The van der Waals surface area contributed by atoms with E-state index in [0.29, 0.717) is 18.5 Å². The molecular formula is C21H30ClFN4O2. The number of benzene rings is 1. The van der Waals surface area contributed by atoms with Gasteiger partial charge in [0.15, 0.2) is 0 Å². The fourth-order valence-corrected chi connectivity index (χ4v) is 4.80. The van der Waals surface area contributed by atoms with Crippen LogP contribution in [0.1, 0.15) is 32.1 Å². The first kappa shape index (κ1) is 21.8. The number of halogens is 2. The highest BCUT2D eigenvalue weighted by Gasteiger charge is 2.40. The van der Waals surface area contributed by atoms with Crippen LogP contribution in [0, 0.1) is 17.2 Å². The summed E-state index contributed by atoms with van der Waals surface area (Å²) in [5.74, 6) is -0.441. The van der Waals surface area contributed by atoms with Crippen molar-refractivity contribution in [1.82, 2.24) is 15.1 Å². The van der Waals surface area contributed by atoms with Gasteiger partial charge in [-0.2, -0.15) is 0 Å². The van der Waals surface area contributed by atoms with Crippen molar-refractivity contribution in [1.29, 1.82) is 0 Å². The number of hydrogen-bond donors (Lipinski definition) is 2. The average Bonchev–Trinajstić information content (AvgIpc) is 3.18. The van der Waals surface area contributed by atoms with Crippen molar-refractivity contribution in [2.45, 2.75) is 32.1 Å². The second-order valence-corrected chi connectivity index (χ2v) is 8.45. The minimum Gasteiger partial charge on any atom is -0.342 e. The van der Waals surface area contributed by atoms with Crippen molar-refractivity contribution in [3.8, 4) is 0 Å². The van der Waals surface area contributed by atoms with Crippen LogP contribution in [0.4, 0.5) is 14.9 Å². The van der Waals surface area contributed by atoms with E-state index in [9.17, 15) is 14.0 Å². The van der Waals surface area contributed by atoms with E-state index in [1.165, 1.54) is 12.5 Å². The van der Waals surface area contributed by atoms with Crippen molar-refractivity contribution in [2.75, 3.05) is 44.6 Å². The first-order valence-corrected chi connectivity index (χ1v) is 10.4. The largest absolute Gasteiger partial charge is 0.342 e. The summed E-state index contributed by atoms with van der Waals surface area (Å²) >= 11 is 0. The minimum absolute atomic E-state index is 0. The van der Waals surface area contributed by atoms with Gasteiger partial charge in [0.05, 0.1) is 11.6 Å². The molecular weight excluding hydrogens is 395 g/mol. The lowest BCUT2D eigenvalue weighted by Gasteiger charge is -2.41. The van der Waals surface area contributed by atoms with Gasteiger partial charge in [0.25, 0.3) is 0 Å². The minimum atomic E-state index is -0.455. The van der Waals surface area contributed by atoms with Crippen LogP contribution in [0.5, 0.6) is 0 Å². The number of para-hydroxylation sites is 1. The molecule has 3 aliphatic heterocycles. The van der Waals surface area contributed by atoms with Crippen LogP contribution in [0.2, 0.25) is 0 Å². The number of nitrogens with zero attached hydrogens (tertiary/aromatic N) is 2. The number of urea groups is 1. The van der Waals surface area contributed by atoms with Crippen molar-refractivity contribution in [3.05, 3.63) is 30.1 Å². The molecule has 0 bridgehead atoms. The fourth-order valence-electron chi connectivity index (χ4n) is 4.80. The van der Waals surface area contributed by atoms with Crippen molar-refractivity contribution >= 4 is 30.0 Å². The normalized spacial score (nSPS) is 23.6. The number of piperidine rings is 2. The Morgan fingerprint density at radius 2 is 1.86 bits per heavy atom. The number of carbonyl (C=O) groups excluding carboxylic acids is 2. The van der Waals surface area contributed by atoms with E-state index in [1.807, 2.05) is 4.90 Å². The van der Waals surface area contributed by atoms with Gasteiger partial charge in [0, 0.05) is 32.7 Å². The summed E-state index contributed by atoms with van der Waals surface area (Å²) in [6.45, 7) is 4.79. The number of nitrogens with one attached hydrogen (secondary N) is 2. The number of rotatable bonds is 2. The molecule has 2 N–H and O–H groups in total. The molecule has 8 heteroatoms. The maximum atomic E-state index is 13.8. The molecule has 1 aromatic rings. The Hall–Kier alpha value is -1.86. The zero-order valence-corrected chi connectivity index (χ0v) is 17.5. The lowest BCUT2D eigenvalue weighted by Crippen LogP contribution is -2.51. The molecule has 0 aromatic heterocycles. The molecule has 0 saturated carbocycles. The molecule has 160 valence electrons. The van der Waals surface area contributed by atoms with Crippen molar-refractivity contribution < 1.29 is 14.0 Å². The Labute approximate surface area is 177 Å². The maximum absolute atomic E-state index is 13.8. The molecule has 0 radical (unpaired) electrons. The van der Waals surface area contributed by atoms with E-state index < -0.39 is 5.82 Å². The van der Waals surface area contributed by atoms with Crippen LogP contribution in [-0.4, -0.2) is 61.0 Å². The number of amides is 3. The van der Waals surface area contributed by atoms with Gasteiger partial charge in [-0.15, -0.1) is 12.4 Å². The fraction of sp³-hybridized carbons (Fsp3) is 0.619. The molecule has 3 aliphatic rings. The Morgan fingerprint density at radius 1 is 1.10 bits per heavy atom. The number of hydrogen-bond acceptors (Lipinski definition) is 3. The van der Waals surface area contributed by atoms with E-state index >= 15 is 0 Å². The standard InChI is InChI=1S/C21H29FN4O2.ClH/c22-17-5-1-2-6-18(17)24-20(28)26-11-3-4-16(14-26)19(27)25-12-8-21(9-13-25)7-10-23-15-21;/h1-2,5-6,16,23H,3-4,7-15H2,(H,24,28);1H. The summed E-state index contributed by atoms with van der Waals surface area (Å²) in [4.78, 5) is 29.2. The molecule has 1 unspecified atom stereocenters. The quantitative estimate of drug-likeness (QED) is 0.766. The van der Waals surface area contributed by atoms with E-state index in [4.69, 9.17) is 0 Å². The monoisotopic (exact) mass is 424 g/mol. The Bertz CT molecular complexity index is 731. The predicted octanol–water partition coefficient (Wildman–Crippen LogP) is 3.09. The first-order valence-electron chi connectivity index (χ1n) is 10.4. The molecule has 3 heterocycles. The Morgan fingerprint density at radius 3 is 2.55 bits per heavy atom. The Kier molecular flexibility index (Phi) is 7.01. The third kappa shape index (κ3) is 4.83. The zero-order chi connectivity index (χ0) is 19.6. The molecule has 29 heavy (non-hydrogen) atoms. The second-order valence-electron chi connectivity index (χ2n) is 8.45. The SMILES string of the molecule is Cl.O=C(Nc1ccccc1F)N1CCCC(C(=O)N2CCC3(CCNC3)CC2)C1. The summed E-state index contributed by atoms with van der Waals surface area (Å²) in [5.41, 5.74) is 0.558. The van der Waals surface area contributed by atoms with Gasteiger partial charge >= 0.3 is 6.03 Å². The molecule has 3 amide bonds. The summed E-state index contributed by atoms with van der Waals surface area (Å²) < 4.78 is 13.8. The van der Waals surface area contributed by atoms with Gasteiger partial charge in [0.1, 0.15) is 5.82 Å². The molecule has 1 aromatic carbocycles. The summed E-state index contributed by atoms with van der Waals surface area (Å²) in [5, 5.41) is 6.08. The van der Waals surface area contributed by atoms with Gasteiger partial charge in [-0.3, -0.25) is 4.79 Å². The molecule has 3 saturated heterocycles. The van der Waals surface area contributed by atoms with Crippen LogP contribution in [0.3, 0.4) is 0 Å². The molecule has 6 nitrogen and oxygen atoms in total. The highest BCUT2D eigenvalue weighted by atomic mass is 35.5. The first-order chi connectivity index (χ1) is 13.6. The summed E-state index contributed by atoms with van der Waals surface area (Å²) in [6, 6.07) is 5.80. The Balaban J connectivity index is 0.00000240. The van der Waals surface area contributed by atoms with Crippen LogP contribution in [0.25, 0.3) is 0 Å². The lowest BCUT2D eigenvalue weighted by molar-refractivity contribution is -0.139. The van der Waals surface area contributed by atoms with Crippen LogP contribution >= 0.6 is 12.4 Å². The van der Waals surface area contributed by atoms with Gasteiger partial charge in [-0.05, 0) is 56.2 Å². The molecule has 0 aliphatic carbocycles. The number of carbonyl (C=O) groups is 2. The topological polar surface area (TPSA) is 64.7 Å². The second kappa shape index (κ2) is 9.30. The van der Waals surface area contributed by atoms with Gasteiger partial charge in [-0.25, -0.2) is 9.18 Å². The van der Waals surface area contributed by atoms with E-state index in [2.05, 4.69) is 10.6 Å².